The molecule has 0 radical (unpaired) electrons. The Labute approximate surface area is 165 Å². The molecule has 1 heterocycles. The predicted octanol–water partition coefficient (Wildman–Crippen LogP) is 4.86. The zero-order chi connectivity index (χ0) is 20.7. The number of aromatic nitrogens is 2. The van der Waals surface area contributed by atoms with Gasteiger partial charge >= 0.3 is 5.69 Å². The van der Waals surface area contributed by atoms with Gasteiger partial charge in [-0.3, -0.25) is 19.8 Å². The van der Waals surface area contributed by atoms with E-state index in [4.69, 9.17) is 4.63 Å². The number of nitrogens with zero attached hydrogens (tertiary/aromatic N) is 4. The van der Waals surface area contributed by atoms with Crippen molar-refractivity contribution in [1.29, 1.82) is 0 Å². The Morgan fingerprint density at radius 3 is 2.59 bits per heavy atom. The highest BCUT2D eigenvalue weighted by Gasteiger charge is 2.33. The van der Waals surface area contributed by atoms with Crippen LogP contribution in [0.2, 0.25) is 0 Å². The van der Waals surface area contributed by atoms with Crippen molar-refractivity contribution < 1.29 is 18.7 Å². The maximum absolute atomic E-state index is 13.9. The number of carbonyl (C=O) groups is 1. The minimum Gasteiger partial charge on any atom is -0.278 e. The summed E-state index contributed by atoms with van der Waals surface area (Å²) >= 11 is 0. The predicted molar refractivity (Wildman–Crippen MR) is 103 cm³/mol. The van der Waals surface area contributed by atoms with Crippen molar-refractivity contribution in [3.05, 3.63) is 51.8 Å². The maximum atomic E-state index is 13.9. The van der Waals surface area contributed by atoms with Crippen LogP contribution in [-0.2, 0) is 4.79 Å². The van der Waals surface area contributed by atoms with Crippen LogP contribution >= 0.6 is 0 Å². The van der Waals surface area contributed by atoms with E-state index in [1.54, 1.807) is 6.07 Å². The molecule has 1 amide bonds. The van der Waals surface area contributed by atoms with Gasteiger partial charge in [0.1, 0.15) is 5.82 Å². The molecule has 1 fully saturated rings. The summed E-state index contributed by atoms with van der Waals surface area (Å²) in [5, 5.41) is 18.8. The quantitative estimate of drug-likeness (QED) is 0.434. The number of hydrogen-bond donors (Lipinski definition) is 0. The van der Waals surface area contributed by atoms with Gasteiger partial charge in [0.25, 0.3) is 0 Å². The maximum Gasteiger partial charge on any atom is 0.300 e. The zero-order valence-electron chi connectivity index (χ0n) is 16.0. The van der Waals surface area contributed by atoms with Gasteiger partial charge < -0.3 is 0 Å². The number of hydrogen-bond acceptors (Lipinski definition) is 6. The lowest BCUT2D eigenvalue weighted by Crippen LogP contribution is -2.28. The van der Waals surface area contributed by atoms with Crippen molar-refractivity contribution in [2.24, 2.45) is 5.92 Å². The molecule has 9 heteroatoms. The normalized spacial score (nSPS) is 13.8. The van der Waals surface area contributed by atoms with E-state index in [1.165, 1.54) is 29.2 Å². The molecule has 0 saturated heterocycles. The van der Waals surface area contributed by atoms with E-state index in [2.05, 4.69) is 10.3 Å². The van der Waals surface area contributed by atoms with Gasteiger partial charge in [0.2, 0.25) is 11.4 Å². The molecule has 0 unspecified atom stereocenters. The molecular weight excluding hydrogens is 379 g/mol. The highest BCUT2D eigenvalue weighted by molar-refractivity contribution is 6.08. The topological polar surface area (TPSA) is 102 Å². The van der Waals surface area contributed by atoms with Crippen LogP contribution in [0.1, 0.15) is 44.6 Å². The largest absolute Gasteiger partial charge is 0.300 e. The molecule has 1 saturated carbocycles. The lowest BCUT2D eigenvalue weighted by molar-refractivity contribution is -0.383. The smallest absolute Gasteiger partial charge is 0.278 e. The molecule has 3 aromatic rings. The van der Waals surface area contributed by atoms with E-state index in [1.807, 2.05) is 13.8 Å². The van der Waals surface area contributed by atoms with Crippen LogP contribution < -0.4 is 4.90 Å². The second-order valence-electron chi connectivity index (χ2n) is 7.63. The summed E-state index contributed by atoms with van der Waals surface area (Å²) in [5.41, 5.74) is 1.43. The first-order valence-corrected chi connectivity index (χ1v) is 9.39. The number of benzene rings is 2. The molecule has 1 aliphatic carbocycles. The Kier molecular flexibility index (Phi) is 4.73. The van der Waals surface area contributed by atoms with Crippen LogP contribution in [0.25, 0.3) is 11.0 Å². The molecule has 1 aliphatic rings. The minimum atomic E-state index is -0.579. The first kappa shape index (κ1) is 19.0. The summed E-state index contributed by atoms with van der Waals surface area (Å²) in [6.45, 7) is 3.84. The highest BCUT2D eigenvalue weighted by atomic mass is 19.1. The Bertz CT molecular complexity index is 1110. The minimum absolute atomic E-state index is 0.0371. The summed E-state index contributed by atoms with van der Waals surface area (Å²) in [6.07, 6.45) is 2.08. The fourth-order valence-corrected chi connectivity index (χ4v) is 3.46. The van der Waals surface area contributed by atoms with Crippen LogP contribution in [0, 0.1) is 21.8 Å². The molecule has 29 heavy (non-hydrogen) atoms. The molecular formula is C20H19FN4O4. The molecule has 8 nitrogen and oxygen atoms in total. The molecule has 2 aromatic carbocycles. The van der Waals surface area contributed by atoms with E-state index in [0.29, 0.717) is 11.4 Å². The summed E-state index contributed by atoms with van der Waals surface area (Å²) in [7, 11) is 0. The molecule has 0 spiro atoms. The van der Waals surface area contributed by atoms with Gasteiger partial charge in [-0.1, -0.05) is 13.8 Å². The molecule has 0 N–H and O–H groups in total. The van der Waals surface area contributed by atoms with Crippen molar-refractivity contribution in [3.8, 4) is 0 Å². The van der Waals surface area contributed by atoms with E-state index in [9.17, 15) is 19.3 Å². The number of nitro benzene ring substituents is 1. The molecule has 1 aromatic heterocycles. The Hall–Kier alpha value is -3.36. The molecule has 0 atom stereocenters. The van der Waals surface area contributed by atoms with Crippen LogP contribution in [0.15, 0.2) is 35.0 Å². The number of rotatable bonds is 6. The Morgan fingerprint density at radius 1 is 1.24 bits per heavy atom. The highest BCUT2D eigenvalue weighted by Crippen LogP contribution is 2.47. The number of fused-ring (bicyclic) bond motifs is 1. The third-order valence-electron chi connectivity index (χ3n) is 4.89. The van der Waals surface area contributed by atoms with Gasteiger partial charge in [0.05, 0.1) is 16.3 Å². The standard InChI is InChI=1S/C20H19FN4O4/c1-11(2)9-18(26)24(15-6-5-13(21)10-14(15)12-3-4-12)16-7-8-17(25(27)28)20-19(16)22-29-23-20/h5-8,10-12H,3-4,9H2,1-2H3. The summed E-state index contributed by atoms with van der Waals surface area (Å²) in [5.74, 6) is -0.326. The van der Waals surface area contributed by atoms with E-state index in [-0.39, 0.29) is 46.7 Å². The van der Waals surface area contributed by atoms with Gasteiger partial charge in [-0.15, -0.1) is 0 Å². The summed E-state index contributed by atoms with van der Waals surface area (Å²) in [6, 6.07) is 7.07. The fraction of sp³-hybridized carbons (Fsp3) is 0.350. The number of amides is 1. The number of anilines is 2. The first-order valence-electron chi connectivity index (χ1n) is 9.39. The van der Waals surface area contributed by atoms with Crippen LogP contribution in [-0.4, -0.2) is 21.1 Å². The van der Waals surface area contributed by atoms with E-state index >= 15 is 0 Å². The monoisotopic (exact) mass is 398 g/mol. The summed E-state index contributed by atoms with van der Waals surface area (Å²) < 4.78 is 18.7. The molecule has 0 aliphatic heterocycles. The van der Waals surface area contributed by atoms with Crippen molar-refractivity contribution in [3.63, 3.8) is 0 Å². The van der Waals surface area contributed by atoms with Gasteiger partial charge in [0.15, 0.2) is 5.52 Å². The van der Waals surface area contributed by atoms with Crippen molar-refractivity contribution in [1.82, 2.24) is 10.3 Å². The lowest BCUT2D eigenvalue weighted by Gasteiger charge is -2.26. The van der Waals surface area contributed by atoms with E-state index < -0.39 is 4.92 Å². The number of carbonyl (C=O) groups excluding carboxylic acids is 1. The molecule has 150 valence electrons. The van der Waals surface area contributed by atoms with E-state index in [0.717, 1.165) is 18.4 Å². The lowest BCUT2D eigenvalue weighted by atomic mass is 10.0. The summed E-state index contributed by atoms with van der Waals surface area (Å²) in [4.78, 5) is 25.4. The molecule has 4 rings (SSSR count). The SMILES string of the molecule is CC(C)CC(=O)N(c1ccc(F)cc1C1CC1)c1ccc([N+](=O)[O-])c2nonc12. The Morgan fingerprint density at radius 2 is 1.93 bits per heavy atom. The zero-order valence-corrected chi connectivity index (χ0v) is 16.0. The van der Waals surface area contributed by atoms with Gasteiger partial charge in [-0.25, -0.2) is 9.02 Å². The van der Waals surface area contributed by atoms with Crippen LogP contribution in [0.3, 0.4) is 0 Å². The van der Waals surface area contributed by atoms with Crippen molar-refractivity contribution in [2.75, 3.05) is 4.90 Å². The number of nitro groups is 1. The molecule has 0 bridgehead atoms. The van der Waals surface area contributed by atoms with Gasteiger partial charge in [-0.05, 0) is 64.8 Å². The van der Waals surface area contributed by atoms with Gasteiger partial charge in [-0.2, -0.15) is 0 Å². The van der Waals surface area contributed by atoms with Crippen molar-refractivity contribution in [2.45, 2.75) is 39.0 Å². The second kappa shape index (κ2) is 7.23. The first-order chi connectivity index (χ1) is 13.9. The third-order valence-corrected chi connectivity index (χ3v) is 4.89. The van der Waals surface area contributed by atoms with Crippen LogP contribution in [0.4, 0.5) is 21.5 Å². The second-order valence-corrected chi connectivity index (χ2v) is 7.63. The average molecular weight is 398 g/mol. The van der Waals surface area contributed by atoms with Crippen LogP contribution in [0.5, 0.6) is 0 Å². The third kappa shape index (κ3) is 3.55. The Balaban J connectivity index is 1.93. The average Bonchev–Trinajstić information content (AvgIpc) is 3.38. The van der Waals surface area contributed by atoms with Gasteiger partial charge in [0, 0.05) is 12.5 Å². The fourth-order valence-electron chi connectivity index (χ4n) is 3.46. The number of non-ortho nitro benzene ring substituents is 1. The van der Waals surface area contributed by atoms with Crippen molar-refractivity contribution >= 4 is 34.0 Å². The number of halogens is 1.